The lowest BCUT2D eigenvalue weighted by Gasteiger charge is -2.14. The average molecular weight is 183 g/mol. The summed E-state index contributed by atoms with van der Waals surface area (Å²) in [6, 6.07) is 0. The summed E-state index contributed by atoms with van der Waals surface area (Å²) in [7, 11) is 0. The van der Waals surface area contributed by atoms with Gasteiger partial charge in [0.05, 0.1) is 12.5 Å². The van der Waals surface area contributed by atoms with Gasteiger partial charge in [0.25, 0.3) is 0 Å². The first-order chi connectivity index (χ1) is 6.29. The molecule has 0 aromatic rings. The summed E-state index contributed by atoms with van der Waals surface area (Å²) >= 11 is 0. The van der Waals surface area contributed by atoms with Crippen LogP contribution in [-0.2, 0) is 9.53 Å². The lowest BCUT2D eigenvalue weighted by atomic mass is 9.93. The summed E-state index contributed by atoms with van der Waals surface area (Å²) in [4.78, 5) is 11.4. The van der Waals surface area contributed by atoms with Crippen molar-refractivity contribution in [3.05, 3.63) is 12.7 Å². The molecule has 13 heavy (non-hydrogen) atoms. The summed E-state index contributed by atoms with van der Waals surface area (Å²) in [5.74, 6) is 0.328. The number of esters is 1. The van der Waals surface area contributed by atoms with Crippen LogP contribution in [0.15, 0.2) is 12.7 Å². The zero-order valence-electron chi connectivity index (χ0n) is 8.08. The third kappa shape index (κ3) is 2.56. The van der Waals surface area contributed by atoms with E-state index >= 15 is 0 Å². The van der Waals surface area contributed by atoms with Crippen LogP contribution in [0.5, 0.6) is 0 Å². The molecule has 0 saturated carbocycles. The normalized spacial score (nSPS) is 27.2. The van der Waals surface area contributed by atoms with Crippen LogP contribution in [0.25, 0.3) is 0 Å². The number of allylic oxidation sites excluding steroid dienone is 1. The van der Waals surface area contributed by atoms with Gasteiger partial charge in [-0.3, -0.25) is 4.79 Å². The van der Waals surface area contributed by atoms with Crippen LogP contribution in [0.3, 0.4) is 0 Å². The molecule has 74 valence electrons. The molecule has 1 fully saturated rings. The molecule has 0 aromatic heterocycles. The second-order valence-corrected chi connectivity index (χ2v) is 3.30. The molecule has 0 aromatic carbocycles. The smallest absolute Gasteiger partial charge is 0.310 e. The number of carbonyl (C=O) groups is 1. The Bertz CT molecular complexity index is 191. The summed E-state index contributed by atoms with van der Waals surface area (Å²) < 4.78 is 4.99. The predicted molar refractivity (Wildman–Crippen MR) is 51.3 cm³/mol. The molecule has 0 bridgehead atoms. The lowest BCUT2D eigenvalue weighted by molar-refractivity contribution is -0.148. The minimum absolute atomic E-state index is 0.0259. The van der Waals surface area contributed by atoms with Crippen LogP contribution >= 0.6 is 0 Å². The van der Waals surface area contributed by atoms with Crippen LogP contribution in [0.4, 0.5) is 0 Å². The molecule has 0 radical (unpaired) electrons. The molecule has 1 heterocycles. The second kappa shape index (κ2) is 5.02. The Morgan fingerprint density at radius 2 is 2.46 bits per heavy atom. The van der Waals surface area contributed by atoms with Gasteiger partial charge >= 0.3 is 5.97 Å². The summed E-state index contributed by atoms with van der Waals surface area (Å²) in [6.45, 7) is 7.63. The van der Waals surface area contributed by atoms with E-state index in [-0.39, 0.29) is 11.9 Å². The summed E-state index contributed by atoms with van der Waals surface area (Å²) in [5, 5.41) is 3.20. The monoisotopic (exact) mass is 183 g/mol. The fourth-order valence-electron chi connectivity index (χ4n) is 1.72. The Kier molecular flexibility index (Phi) is 3.96. The van der Waals surface area contributed by atoms with Crippen molar-refractivity contribution in [3.8, 4) is 0 Å². The quantitative estimate of drug-likeness (QED) is 0.521. The van der Waals surface area contributed by atoms with Crippen molar-refractivity contribution < 1.29 is 9.53 Å². The van der Waals surface area contributed by atoms with Gasteiger partial charge in [-0.2, -0.15) is 0 Å². The Morgan fingerprint density at radius 3 is 3.08 bits per heavy atom. The van der Waals surface area contributed by atoms with E-state index in [4.69, 9.17) is 4.74 Å². The van der Waals surface area contributed by atoms with Gasteiger partial charge in [0.1, 0.15) is 0 Å². The molecular weight excluding hydrogens is 166 g/mol. The van der Waals surface area contributed by atoms with Crippen molar-refractivity contribution in [1.82, 2.24) is 5.32 Å². The lowest BCUT2D eigenvalue weighted by Crippen LogP contribution is -2.24. The standard InChI is InChI=1S/C10H17NO2/c1-3-5-8-6-11-7-9(8)10(12)13-4-2/h3,8-9,11H,1,4-7H2,2H3. The van der Waals surface area contributed by atoms with Gasteiger partial charge in [-0.15, -0.1) is 6.58 Å². The Balaban J connectivity index is 2.46. The highest BCUT2D eigenvalue weighted by Crippen LogP contribution is 2.21. The van der Waals surface area contributed by atoms with E-state index in [2.05, 4.69) is 11.9 Å². The fourth-order valence-corrected chi connectivity index (χ4v) is 1.72. The van der Waals surface area contributed by atoms with E-state index in [1.807, 2.05) is 13.0 Å². The first-order valence-electron chi connectivity index (χ1n) is 4.77. The maximum absolute atomic E-state index is 11.4. The molecule has 3 heteroatoms. The van der Waals surface area contributed by atoms with Crippen LogP contribution < -0.4 is 5.32 Å². The SMILES string of the molecule is C=CCC1CNCC1C(=O)OCC. The van der Waals surface area contributed by atoms with Crippen molar-refractivity contribution in [2.45, 2.75) is 13.3 Å². The van der Waals surface area contributed by atoms with Crippen LogP contribution in [0.2, 0.25) is 0 Å². The molecule has 3 nitrogen and oxygen atoms in total. The predicted octanol–water partition coefficient (Wildman–Crippen LogP) is 0.961. The molecule has 2 atom stereocenters. The van der Waals surface area contributed by atoms with E-state index in [1.165, 1.54) is 0 Å². The molecule has 0 aliphatic carbocycles. The highest BCUT2D eigenvalue weighted by Gasteiger charge is 2.32. The molecule has 0 amide bonds. The molecule has 1 aliphatic rings. The van der Waals surface area contributed by atoms with Crippen molar-refractivity contribution in [2.24, 2.45) is 11.8 Å². The Morgan fingerprint density at radius 1 is 1.69 bits per heavy atom. The first kappa shape index (κ1) is 10.3. The highest BCUT2D eigenvalue weighted by molar-refractivity contribution is 5.73. The van der Waals surface area contributed by atoms with E-state index in [0.29, 0.717) is 12.5 Å². The molecular formula is C10H17NO2. The number of ether oxygens (including phenoxy) is 1. The minimum Gasteiger partial charge on any atom is -0.466 e. The van der Waals surface area contributed by atoms with Crippen molar-refractivity contribution in [3.63, 3.8) is 0 Å². The van der Waals surface area contributed by atoms with Gasteiger partial charge in [0, 0.05) is 6.54 Å². The highest BCUT2D eigenvalue weighted by atomic mass is 16.5. The molecule has 1 saturated heterocycles. The van der Waals surface area contributed by atoms with Gasteiger partial charge in [-0.1, -0.05) is 6.08 Å². The third-order valence-corrected chi connectivity index (χ3v) is 2.40. The minimum atomic E-state index is -0.0700. The number of nitrogens with one attached hydrogen (secondary N) is 1. The van der Waals surface area contributed by atoms with Crippen LogP contribution in [0.1, 0.15) is 13.3 Å². The summed E-state index contributed by atoms with van der Waals surface area (Å²) in [5.41, 5.74) is 0. The molecule has 2 unspecified atom stereocenters. The largest absolute Gasteiger partial charge is 0.466 e. The molecule has 1 N–H and O–H groups in total. The Hall–Kier alpha value is -0.830. The average Bonchev–Trinajstić information content (AvgIpc) is 2.54. The van der Waals surface area contributed by atoms with Crippen molar-refractivity contribution >= 4 is 5.97 Å². The molecule has 0 spiro atoms. The summed E-state index contributed by atoms with van der Waals surface area (Å²) in [6.07, 6.45) is 2.75. The number of carbonyl (C=O) groups excluding carboxylic acids is 1. The molecule has 1 rings (SSSR count). The van der Waals surface area contributed by atoms with Crippen molar-refractivity contribution in [2.75, 3.05) is 19.7 Å². The second-order valence-electron chi connectivity index (χ2n) is 3.30. The fraction of sp³-hybridized carbons (Fsp3) is 0.700. The van der Waals surface area contributed by atoms with Gasteiger partial charge in [-0.25, -0.2) is 0 Å². The van der Waals surface area contributed by atoms with E-state index in [9.17, 15) is 4.79 Å². The first-order valence-corrected chi connectivity index (χ1v) is 4.77. The van der Waals surface area contributed by atoms with E-state index < -0.39 is 0 Å². The number of hydrogen-bond donors (Lipinski definition) is 1. The van der Waals surface area contributed by atoms with Gasteiger partial charge in [0.15, 0.2) is 0 Å². The Labute approximate surface area is 79.2 Å². The van der Waals surface area contributed by atoms with E-state index in [0.717, 1.165) is 19.5 Å². The maximum Gasteiger partial charge on any atom is 0.310 e. The maximum atomic E-state index is 11.4. The van der Waals surface area contributed by atoms with Crippen LogP contribution in [0, 0.1) is 11.8 Å². The zero-order chi connectivity index (χ0) is 9.68. The topological polar surface area (TPSA) is 38.3 Å². The van der Waals surface area contributed by atoms with Gasteiger partial charge < -0.3 is 10.1 Å². The molecule has 1 aliphatic heterocycles. The third-order valence-electron chi connectivity index (χ3n) is 2.40. The number of rotatable bonds is 4. The number of hydrogen-bond acceptors (Lipinski definition) is 3. The van der Waals surface area contributed by atoms with Crippen molar-refractivity contribution in [1.29, 1.82) is 0 Å². The van der Waals surface area contributed by atoms with Crippen LogP contribution in [-0.4, -0.2) is 25.7 Å². The van der Waals surface area contributed by atoms with E-state index in [1.54, 1.807) is 0 Å². The van der Waals surface area contributed by atoms with Gasteiger partial charge in [-0.05, 0) is 25.8 Å². The van der Waals surface area contributed by atoms with Gasteiger partial charge in [0.2, 0.25) is 0 Å². The zero-order valence-corrected chi connectivity index (χ0v) is 8.08.